The molecule has 1 aliphatic rings. The standard InChI is InChI=1S/C17H17N5O8S2/c1-29-16(25)13-12(15(24)22(13)32(26,27)28)20-14(23)11(10-8-31-17(18)19-10)21-30-7-9-5-3-2-4-6-9/h2-6,8,12-13H,7H2,1H3,(H2,18,19)(H,20,23)(H,26,27,28)/t12-,13-/m1/s1. The summed E-state index contributed by atoms with van der Waals surface area (Å²) in [7, 11) is -4.10. The summed E-state index contributed by atoms with van der Waals surface area (Å²) in [5, 5.41) is 7.53. The third kappa shape index (κ3) is 4.84. The van der Waals surface area contributed by atoms with E-state index in [1.165, 1.54) is 5.38 Å². The lowest BCUT2D eigenvalue weighted by molar-refractivity contribution is -0.162. The van der Waals surface area contributed by atoms with Crippen molar-refractivity contribution < 1.29 is 36.9 Å². The molecule has 1 aromatic heterocycles. The van der Waals surface area contributed by atoms with Gasteiger partial charge in [-0.2, -0.15) is 12.7 Å². The number of methoxy groups -OCH3 is 1. The molecule has 15 heteroatoms. The molecule has 170 valence electrons. The minimum atomic E-state index is -5.05. The molecule has 13 nitrogen and oxygen atoms in total. The Kier molecular flexibility index (Phi) is 6.71. The number of nitrogen functional groups attached to an aromatic ring is 1. The number of ether oxygens (including phenoxy) is 1. The number of thiazole rings is 1. The van der Waals surface area contributed by atoms with Crippen LogP contribution >= 0.6 is 11.3 Å². The molecular formula is C17H17N5O8S2. The Balaban J connectivity index is 1.82. The molecule has 1 aliphatic heterocycles. The van der Waals surface area contributed by atoms with Crippen molar-refractivity contribution in [1.29, 1.82) is 0 Å². The summed E-state index contributed by atoms with van der Waals surface area (Å²) in [6, 6.07) is 5.50. The van der Waals surface area contributed by atoms with Crippen LogP contribution in [0.3, 0.4) is 0 Å². The van der Waals surface area contributed by atoms with Gasteiger partial charge in [0.25, 0.3) is 11.8 Å². The van der Waals surface area contributed by atoms with Crippen molar-refractivity contribution in [2.45, 2.75) is 18.7 Å². The summed E-state index contributed by atoms with van der Waals surface area (Å²) in [5.74, 6) is -3.39. The van der Waals surface area contributed by atoms with Gasteiger partial charge < -0.3 is 20.6 Å². The van der Waals surface area contributed by atoms with Crippen LogP contribution < -0.4 is 11.1 Å². The molecule has 0 unspecified atom stereocenters. The van der Waals surface area contributed by atoms with Crippen molar-refractivity contribution in [3.8, 4) is 0 Å². The van der Waals surface area contributed by atoms with Crippen LogP contribution in [0.5, 0.6) is 0 Å². The van der Waals surface area contributed by atoms with Crippen LogP contribution in [0.1, 0.15) is 11.3 Å². The fourth-order valence-electron chi connectivity index (χ4n) is 2.77. The summed E-state index contributed by atoms with van der Waals surface area (Å²) in [5.41, 5.74) is 6.04. The molecule has 1 fully saturated rings. The lowest BCUT2D eigenvalue weighted by atomic mass is 9.98. The Bertz CT molecular complexity index is 1160. The van der Waals surface area contributed by atoms with Crippen LogP contribution in [0.25, 0.3) is 0 Å². The molecule has 0 saturated carbocycles. The minimum absolute atomic E-state index is 0.0148. The maximum Gasteiger partial charge on any atom is 0.363 e. The van der Waals surface area contributed by atoms with Crippen LogP contribution in [-0.4, -0.2) is 64.9 Å². The highest BCUT2D eigenvalue weighted by molar-refractivity contribution is 7.84. The number of rotatable bonds is 8. The molecule has 1 saturated heterocycles. The Morgan fingerprint density at radius 3 is 2.59 bits per heavy atom. The van der Waals surface area contributed by atoms with Crippen molar-refractivity contribution in [2.75, 3.05) is 12.8 Å². The number of carbonyl (C=O) groups excluding carboxylic acids is 3. The molecule has 2 atom stereocenters. The fraction of sp³-hybridized carbons (Fsp3) is 0.235. The van der Waals surface area contributed by atoms with Crippen LogP contribution in [0, 0.1) is 0 Å². The van der Waals surface area contributed by atoms with Crippen LogP contribution in [0.4, 0.5) is 5.13 Å². The summed E-state index contributed by atoms with van der Waals surface area (Å²) in [4.78, 5) is 46.1. The van der Waals surface area contributed by atoms with Crippen molar-refractivity contribution in [1.82, 2.24) is 14.6 Å². The predicted octanol–water partition coefficient (Wildman–Crippen LogP) is -0.682. The zero-order valence-electron chi connectivity index (χ0n) is 16.4. The monoisotopic (exact) mass is 483 g/mol. The van der Waals surface area contributed by atoms with Gasteiger partial charge in [-0.1, -0.05) is 35.5 Å². The normalized spacial score (nSPS) is 18.6. The number of benzene rings is 1. The summed E-state index contributed by atoms with van der Waals surface area (Å²) >= 11 is 1.02. The van der Waals surface area contributed by atoms with E-state index >= 15 is 0 Å². The first-order valence-electron chi connectivity index (χ1n) is 8.78. The summed E-state index contributed by atoms with van der Waals surface area (Å²) < 4.78 is 36.3. The molecule has 2 heterocycles. The van der Waals surface area contributed by atoms with E-state index in [-0.39, 0.29) is 27.4 Å². The highest BCUT2D eigenvalue weighted by Crippen LogP contribution is 2.25. The number of carbonyl (C=O) groups is 3. The Morgan fingerprint density at radius 2 is 2.03 bits per heavy atom. The van der Waals surface area contributed by atoms with Gasteiger partial charge in [0.1, 0.15) is 18.3 Å². The molecule has 0 bridgehead atoms. The summed E-state index contributed by atoms with van der Waals surface area (Å²) in [6.45, 7) is 0.0148. The van der Waals surface area contributed by atoms with Crippen molar-refractivity contribution >= 4 is 50.3 Å². The lowest BCUT2D eigenvalue weighted by Crippen LogP contribution is -2.74. The second-order valence-electron chi connectivity index (χ2n) is 6.30. The molecule has 0 aliphatic carbocycles. The summed E-state index contributed by atoms with van der Waals surface area (Å²) in [6.07, 6.45) is 0. The maximum absolute atomic E-state index is 12.8. The van der Waals surface area contributed by atoms with Crippen molar-refractivity contribution in [3.05, 3.63) is 47.0 Å². The first kappa shape index (κ1) is 23.1. The van der Waals surface area contributed by atoms with Gasteiger partial charge in [0.15, 0.2) is 16.9 Å². The molecule has 0 radical (unpaired) electrons. The number of oxime groups is 1. The van der Waals surface area contributed by atoms with Crippen LogP contribution in [0.15, 0.2) is 40.9 Å². The largest absolute Gasteiger partial charge is 0.467 e. The SMILES string of the molecule is COC(=O)[C@H]1[C@@H](NC(=O)C(=NOCc2ccccc2)c2csc(N)n2)C(=O)N1S(=O)(=O)O. The van der Waals surface area contributed by atoms with E-state index in [1.54, 1.807) is 24.3 Å². The third-order valence-electron chi connectivity index (χ3n) is 4.24. The van der Waals surface area contributed by atoms with Gasteiger partial charge in [-0.05, 0) is 5.56 Å². The zero-order valence-corrected chi connectivity index (χ0v) is 18.0. The number of nitrogens with two attached hydrogens (primary N) is 1. The van der Waals surface area contributed by atoms with Crippen LogP contribution in [0.2, 0.25) is 0 Å². The first-order valence-corrected chi connectivity index (χ1v) is 11.1. The van der Waals surface area contributed by atoms with Crippen molar-refractivity contribution in [2.24, 2.45) is 5.16 Å². The van der Waals surface area contributed by atoms with Gasteiger partial charge in [0.05, 0.1) is 7.11 Å². The first-order chi connectivity index (χ1) is 15.1. The number of amides is 2. The van der Waals surface area contributed by atoms with E-state index in [4.69, 9.17) is 10.6 Å². The number of hydrogen-bond donors (Lipinski definition) is 3. The Labute approximate surface area is 185 Å². The van der Waals surface area contributed by atoms with Crippen LogP contribution in [-0.2, 0) is 40.9 Å². The Morgan fingerprint density at radius 1 is 1.34 bits per heavy atom. The van der Waals surface area contributed by atoms with Gasteiger partial charge in [-0.3, -0.25) is 14.1 Å². The number of esters is 1. The van der Waals surface area contributed by atoms with E-state index in [1.807, 2.05) is 6.07 Å². The van der Waals surface area contributed by atoms with Gasteiger partial charge in [0.2, 0.25) is 0 Å². The maximum atomic E-state index is 12.8. The smallest absolute Gasteiger partial charge is 0.363 e. The number of hydrogen-bond acceptors (Lipinski definition) is 11. The highest BCUT2D eigenvalue weighted by Gasteiger charge is 2.58. The predicted molar refractivity (Wildman–Crippen MR) is 110 cm³/mol. The average molecular weight is 483 g/mol. The molecule has 32 heavy (non-hydrogen) atoms. The lowest BCUT2D eigenvalue weighted by Gasteiger charge is -2.41. The molecule has 1 aromatic carbocycles. The van der Waals surface area contributed by atoms with Gasteiger partial charge in [0, 0.05) is 5.38 Å². The molecular weight excluding hydrogens is 466 g/mol. The molecule has 3 rings (SSSR count). The van der Waals surface area contributed by atoms with E-state index in [9.17, 15) is 27.4 Å². The molecule has 2 aromatic rings. The van der Waals surface area contributed by atoms with Gasteiger partial charge in [-0.25, -0.2) is 9.78 Å². The van der Waals surface area contributed by atoms with E-state index in [0.717, 1.165) is 24.0 Å². The minimum Gasteiger partial charge on any atom is -0.467 e. The Hall–Kier alpha value is -3.56. The van der Waals surface area contributed by atoms with E-state index in [0.29, 0.717) is 0 Å². The van der Waals surface area contributed by atoms with E-state index in [2.05, 4.69) is 20.2 Å². The number of β-lactam (4-membered cyclic amide) rings is 1. The number of anilines is 1. The number of nitrogens with one attached hydrogen (secondary N) is 1. The van der Waals surface area contributed by atoms with Gasteiger partial charge >= 0.3 is 16.3 Å². The zero-order chi connectivity index (χ0) is 23.5. The van der Waals surface area contributed by atoms with Crippen molar-refractivity contribution in [3.63, 3.8) is 0 Å². The molecule has 4 N–H and O–H groups in total. The quantitative estimate of drug-likeness (QED) is 0.142. The second-order valence-corrected chi connectivity index (χ2v) is 8.48. The molecule has 0 spiro atoms. The highest BCUT2D eigenvalue weighted by atomic mass is 32.2. The number of nitrogens with zero attached hydrogens (tertiary/aromatic N) is 3. The second kappa shape index (κ2) is 9.29. The molecule has 2 amide bonds. The third-order valence-corrected chi connectivity index (χ3v) is 5.82. The topological polar surface area (TPSA) is 191 Å². The van der Waals surface area contributed by atoms with E-state index < -0.39 is 40.2 Å². The van der Waals surface area contributed by atoms with Gasteiger partial charge in [-0.15, -0.1) is 11.3 Å². The number of aromatic nitrogens is 1. The average Bonchev–Trinajstić information content (AvgIpc) is 3.17. The fourth-order valence-corrected chi connectivity index (χ4v) is 4.15.